The van der Waals surface area contributed by atoms with Gasteiger partial charge in [-0.05, 0) is 18.6 Å². The van der Waals surface area contributed by atoms with Crippen molar-refractivity contribution in [3.05, 3.63) is 35.1 Å². The molecule has 0 radical (unpaired) electrons. The van der Waals surface area contributed by atoms with E-state index < -0.39 is 0 Å². The number of carbonyl (C=O) groups is 1. The van der Waals surface area contributed by atoms with E-state index in [4.69, 9.17) is 5.73 Å². The molecular weight excluding hydrogens is 250 g/mol. The monoisotopic (exact) mass is 263 g/mol. The molecule has 1 amide bonds. The average molecular weight is 263 g/mol. The third-order valence-corrected chi connectivity index (χ3v) is 3.23. The normalized spacial score (nSPS) is 12.1. The molecule has 0 fully saturated rings. The summed E-state index contributed by atoms with van der Waals surface area (Å²) in [4.78, 5) is 15.8. The molecule has 2 aromatic rings. The predicted octanol–water partition coefficient (Wildman–Crippen LogP) is 0.935. The zero-order chi connectivity index (χ0) is 13.0. The van der Waals surface area contributed by atoms with E-state index in [9.17, 15) is 4.79 Å². The number of hydrogen-bond donors (Lipinski definition) is 2. The SMILES string of the molecule is CC(NC(=O)Cc1cccnc1)c1nnc(N)s1. The molecule has 0 aliphatic heterocycles. The van der Waals surface area contributed by atoms with E-state index in [0.717, 1.165) is 5.56 Å². The molecule has 1 unspecified atom stereocenters. The van der Waals surface area contributed by atoms with Gasteiger partial charge in [-0.15, -0.1) is 10.2 Å². The van der Waals surface area contributed by atoms with Gasteiger partial charge in [-0.25, -0.2) is 0 Å². The van der Waals surface area contributed by atoms with Crippen molar-refractivity contribution in [2.45, 2.75) is 19.4 Å². The summed E-state index contributed by atoms with van der Waals surface area (Å²) in [7, 11) is 0. The van der Waals surface area contributed by atoms with Crippen molar-refractivity contribution in [2.75, 3.05) is 5.73 Å². The molecule has 3 N–H and O–H groups in total. The Morgan fingerprint density at radius 2 is 2.39 bits per heavy atom. The summed E-state index contributed by atoms with van der Waals surface area (Å²) in [5.41, 5.74) is 6.37. The lowest BCUT2D eigenvalue weighted by Gasteiger charge is -2.10. The van der Waals surface area contributed by atoms with Crippen LogP contribution in [0.3, 0.4) is 0 Å². The van der Waals surface area contributed by atoms with Gasteiger partial charge in [0.2, 0.25) is 11.0 Å². The maximum Gasteiger partial charge on any atom is 0.225 e. The van der Waals surface area contributed by atoms with E-state index in [1.807, 2.05) is 13.0 Å². The van der Waals surface area contributed by atoms with Crippen LogP contribution in [-0.2, 0) is 11.2 Å². The summed E-state index contributed by atoms with van der Waals surface area (Å²) in [6, 6.07) is 3.47. The minimum atomic E-state index is -0.191. The number of carbonyl (C=O) groups excluding carboxylic acids is 1. The van der Waals surface area contributed by atoms with Crippen LogP contribution in [0.2, 0.25) is 0 Å². The van der Waals surface area contributed by atoms with E-state index in [0.29, 0.717) is 16.6 Å². The van der Waals surface area contributed by atoms with Gasteiger partial charge in [0.25, 0.3) is 0 Å². The number of nitrogen functional groups attached to an aromatic ring is 1. The lowest BCUT2D eigenvalue weighted by atomic mass is 10.2. The van der Waals surface area contributed by atoms with Gasteiger partial charge in [-0.3, -0.25) is 9.78 Å². The molecule has 0 saturated heterocycles. The maximum absolute atomic E-state index is 11.8. The van der Waals surface area contributed by atoms with Crippen LogP contribution in [0.1, 0.15) is 23.5 Å². The van der Waals surface area contributed by atoms with Gasteiger partial charge in [0, 0.05) is 12.4 Å². The van der Waals surface area contributed by atoms with E-state index in [1.165, 1.54) is 11.3 Å². The smallest absolute Gasteiger partial charge is 0.225 e. The fraction of sp³-hybridized carbons (Fsp3) is 0.273. The highest BCUT2D eigenvalue weighted by Crippen LogP contribution is 2.18. The predicted molar refractivity (Wildman–Crippen MR) is 68.8 cm³/mol. The van der Waals surface area contributed by atoms with Gasteiger partial charge in [-0.1, -0.05) is 17.4 Å². The van der Waals surface area contributed by atoms with E-state index in [1.54, 1.807) is 18.5 Å². The fourth-order valence-corrected chi connectivity index (χ4v) is 2.08. The number of hydrogen-bond acceptors (Lipinski definition) is 6. The second-order valence-electron chi connectivity index (χ2n) is 3.81. The molecule has 2 rings (SSSR count). The Bertz CT molecular complexity index is 527. The molecular formula is C11H13N5OS. The highest BCUT2D eigenvalue weighted by atomic mass is 32.1. The summed E-state index contributed by atoms with van der Waals surface area (Å²) < 4.78 is 0. The van der Waals surface area contributed by atoms with E-state index >= 15 is 0 Å². The third-order valence-electron chi connectivity index (χ3n) is 2.29. The number of amides is 1. The Labute approximate surface area is 108 Å². The summed E-state index contributed by atoms with van der Waals surface area (Å²) in [6.45, 7) is 1.85. The summed E-state index contributed by atoms with van der Waals surface area (Å²) >= 11 is 1.27. The van der Waals surface area contributed by atoms with Gasteiger partial charge in [-0.2, -0.15) is 0 Å². The van der Waals surface area contributed by atoms with Crippen LogP contribution in [-0.4, -0.2) is 21.1 Å². The highest BCUT2D eigenvalue weighted by molar-refractivity contribution is 7.15. The van der Waals surface area contributed by atoms with E-state index in [-0.39, 0.29) is 11.9 Å². The third kappa shape index (κ3) is 3.24. The molecule has 0 aromatic carbocycles. The summed E-state index contributed by atoms with van der Waals surface area (Å²) in [5, 5.41) is 11.6. The number of nitrogens with zero attached hydrogens (tertiary/aromatic N) is 3. The molecule has 6 nitrogen and oxygen atoms in total. The molecule has 0 aliphatic rings. The molecule has 94 valence electrons. The number of rotatable bonds is 4. The standard InChI is InChI=1S/C11H13N5OS/c1-7(10-15-16-11(12)18-10)14-9(17)5-8-3-2-4-13-6-8/h2-4,6-7H,5H2,1H3,(H2,12,16)(H,14,17). The van der Waals surface area contributed by atoms with Crippen molar-refractivity contribution in [3.63, 3.8) is 0 Å². The summed E-state index contributed by atoms with van der Waals surface area (Å²) in [6.07, 6.45) is 3.65. The summed E-state index contributed by atoms with van der Waals surface area (Å²) in [5.74, 6) is -0.0794. The lowest BCUT2D eigenvalue weighted by Crippen LogP contribution is -2.28. The number of nitrogens with two attached hydrogens (primary N) is 1. The Morgan fingerprint density at radius 3 is 3.00 bits per heavy atom. The van der Waals surface area contributed by atoms with Gasteiger partial charge in [0.05, 0.1) is 12.5 Å². The quantitative estimate of drug-likeness (QED) is 0.856. The largest absolute Gasteiger partial charge is 0.374 e. The molecule has 7 heteroatoms. The first-order chi connectivity index (χ1) is 8.65. The maximum atomic E-state index is 11.8. The van der Waals surface area contributed by atoms with Crippen LogP contribution < -0.4 is 11.1 Å². The van der Waals surface area contributed by atoms with Gasteiger partial charge in [0.1, 0.15) is 5.01 Å². The molecule has 18 heavy (non-hydrogen) atoms. The van der Waals surface area contributed by atoms with Crippen molar-refractivity contribution in [2.24, 2.45) is 0 Å². The number of aromatic nitrogens is 3. The van der Waals surface area contributed by atoms with Crippen LogP contribution in [0.15, 0.2) is 24.5 Å². The Morgan fingerprint density at radius 1 is 1.56 bits per heavy atom. The topological polar surface area (TPSA) is 93.8 Å². The minimum Gasteiger partial charge on any atom is -0.374 e. The number of pyridine rings is 1. The average Bonchev–Trinajstić information content (AvgIpc) is 2.77. The Hall–Kier alpha value is -2.02. The molecule has 0 spiro atoms. The van der Waals surface area contributed by atoms with Crippen LogP contribution in [0.4, 0.5) is 5.13 Å². The van der Waals surface area contributed by atoms with Crippen molar-refractivity contribution in [3.8, 4) is 0 Å². The van der Waals surface area contributed by atoms with Crippen molar-refractivity contribution < 1.29 is 4.79 Å². The molecule has 2 heterocycles. The zero-order valence-corrected chi connectivity index (χ0v) is 10.6. The van der Waals surface area contributed by atoms with Crippen LogP contribution in [0, 0.1) is 0 Å². The highest BCUT2D eigenvalue weighted by Gasteiger charge is 2.14. The van der Waals surface area contributed by atoms with Crippen molar-refractivity contribution >= 4 is 22.4 Å². The first-order valence-corrected chi connectivity index (χ1v) is 6.24. The second-order valence-corrected chi connectivity index (χ2v) is 4.85. The minimum absolute atomic E-state index is 0.0794. The van der Waals surface area contributed by atoms with Crippen LogP contribution in [0.5, 0.6) is 0 Å². The number of nitrogens with one attached hydrogen (secondary N) is 1. The molecule has 2 aromatic heterocycles. The van der Waals surface area contributed by atoms with Gasteiger partial charge < -0.3 is 11.1 Å². The molecule has 0 aliphatic carbocycles. The van der Waals surface area contributed by atoms with Crippen molar-refractivity contribution in [1.29, 1.82) is 0 Å². The first-order valence-electron chi connectivity index (χ1n) is 5.42. The van der Waals surface area contributed by atoms with Gasteiger partial charge >= 0.3 is 0 Å². The second kappa shape index (κ2) is 5.54. The van der Waals surface area contributed by atoms with Crippen LogP contribution in [0.25, 0.3) is 0 Å². The van der Waals surface area contributed by atoms with Gasteiger partial charge in [0.15, 0.2) is 0 Å². The van der Waals surface area contributed by atoms with Crippen molar-refractivity contribution in [1.82, 2.24) is 20.5 Å². The van der Waals surface area contributed by atoms with Crippen LogP contribution >= 0.6 is 11.3 Å². The lowest BCUT2D eigenvalue weighted by molar-refractivity contribution is -0.121. The molecule has 0 bridgehead atoms. The molecule has 0 saturated carbocycles. The molecule has 1 atom stereocenters. The first kappa shape index (κ1) is 12.4. The Balaban J connectivity index is 1.92. The van der Waals surface area contributed by atoms with E-state index in [2.05, 4.69) is 20.5 Å². The zero-order valence-electron chi connectivity index (χ0n) is 9.83. The Kier molecular flexibility index (Phi) is 3.83. The number of anilines is 1. The fourth-order valence-electron chi connectivity index (χ4n) is 1.46.